The lowest BCUT2D eigenvalue weighted by Crippen LogP contribution is -2.53. The van der Waals surface area contributed by atoms with E-state index in [4.69, 9.17) is 11.6 Å². The van der Waals surface area contributed by atoms with Crippen molar-refractivity contribution in [2.45, 2.75) is 18.9 Å². The smallest absolute Gasteiger partial charge is 0.141 e. The SMILES string of the molecule is Fc1ccc(N[C@@H]2CN3CCC2CC3)cc1Cl. The first-order chi connectivity index (χ1) is 8.22. The third-order valence-electron chi connectivity index (χ3n) is 3.93. The van der Waals surface area contributed by atoms with Gasteiger partial charge in [-0.15, -0.1) is 0 Å². The molecule has 1 atom stereocenters. The molecule has 0 unspecified atom stereocenters. The van der Waals surface area contributed by atoms with Crippen LogP contribution >= 0.6 is 11.6 Å². The molecule has 3 fully saturated rings. The van der Waals surface area contributed by atoms with Gasteiger partial charge in [0.1, 0.15) is 5.82 Å². The van der Waals surface area contributed by atoms with Gasteiger partial charge in [0.15, 0.2) is 0 Å². The van der Waals surface area contributed by atoms with Gasteiger partial charge in [0, 0.05) is 18.3 Å². The molecule has 0 radical (unpaired) electrons. The molecule has 3 aliphatic heterocycles. The Morgan fingerprint density at radius 1 is 1.29 bits per heavy atom. The highest BCUT2D eigenvalue weighted by Gasteiger charge is 2.33. The fourth-order valence-corrected chi connectivity index (χ4v) is 3.11. The second kappa shape index (κ2) is 4.46. The molecule has 0 amide bonds. The van der Waals surface area contributed by atoms with E-state index in [2.05, 4.69) is 10.2 Å². The van der Waals surface area contributed by atoms with E-state index in [-0.39, 0.29) is 10.8 Å². The van der Waals surface area contributed by atoms with Crippen molar-refractivity contribution < 1.29 is 4.39 Å². The predicted molar refractivity (Wildman–Crippen MR) is 68.0 cm³/mol. The van der Waals surface area contributed by atoms with E-state index in [1.807, 2.05) is 0 Å². The van der Waals surface area contributed by atoms with E-state index < -0.39 is 0 Å². The topological polar surface area (TPSA) is 15.3 Å². The summed E-state index contributed by atoms with van der Waals surface area (Å²) >= 11 is 5.79. The minimum Gasteiger partial charge on any atom is -0.381 e. The Bertz CT molecular complexity index is 416. The van der Waals surface area contributed by atoms with Crippen molar-refractivity contribution >= 4 is 17.3 Å². The first-order valence-corrected chi connectivity index (χ1v) is 6.54. The van der Waals surface area contributed by atoms with Crippen molar-refractivity contribution in [3.8, 4) is 0 Å². The average molecular weight is 255 g/mol. The normalized spacial score (nSPS) is 31.5. The highest BCUT2D eigenvalue weighted by molar-refractivity contribution is 6.31. The van der Waals surface area contributed by atoms with Gasteiger partial charge in [-0.05, 0) is 50.0 Å². The van der Waals surface area contributed by atoms with Crippen LogP contribution in [0, 0.1) is 11.7 Å². The summed E-state index contributed by atoms with van der Waals surface area (Å²) in [5, 5.41) is 3.68. The average Bonchev–Trinajstić information content (AvgIpc) is 2.35. The molecule has 0 aliphatic carbocycles. The summed E-state index contributed by atoms with van der Waals surface area (Å²) in [5.41, 5.74) is 0.926. The molecular formula is C13H16ClFN2. The molecule has 1 aromatic rings. The summed E-state index contributed by atoms with van der Waals surface area (Å²) in [6, 6.07) is 5.35. The zero-order chi connectivity index (χ0) is 11.8. The van der Waals surface area contributed by atoms with Crippen LogP contribution in [0.5, 0.6) is 0 Å². The van der Waals surface area contributed by atoms with E-state index in [9.17, 15) is 4.39 Å². The number of nitrogens with one attached hydrogen (secondary N) is 1. The Balaban J connectivity index is 1.72. The largest absolute Gasteiger partial charge is 0.381 e. The molecule has 17 heavy (non-hydrogen) atoms. The minimum atomic E-state index is -0.355. The zero-order valence-electron chi connectivity index (χ0n) is 9.63. The number of anilines is 1. The van der Waals surface area contributed by atoms with Crippen LogP contribution in [0.1, 0.15) is 12.8 Å². The van der Waals surface area contributed by atoms with Gasteiger partial charge >= 0.3 is 0 Å². The lowest BCUT2D eigenvalue weighted by atomic mass is 9.84. The fraction of sp³-hybridized carbons (Fsp3) is 0.538. The van der Waals surface area contributed by atoms with Crippen LogP contribution in [0.2, 0.25) is 5.02 Å². The van der Waals surface area contributed by atoms with Crippen LogP contribution in [0.15, 0.2) is 18.2 Å². The molecule has 2 nitrogen and oxygen atoms in total. The molecule has 3 aliphatic rings. The molecule has 1 aromatic carbocycles. The maximum Gasteiger partial charge on any atom is 0.141 e. The molecule has 92 valence electrons. The van der Waals surface area contributed by atoms with E-state index >= 15 is 0 Å². The van der Waals surface area contributed by atoms with Gasteiger partial charge in [0.05, 0.1) is 5.02 Å². The Hall–Kier alpha value is -0.800. The van der Waals surface area contributed by atoms with Gasteiger partial charge in [-0.3, -0.25) is 0 Å². The molecule has 4 rings (SSSR count). The third-order valence-corrected chi connectivity index (χ3v) is 4.22. The van der Waals surface area contributed by atoms with Gasteiger partial charge < -0.3 is 10.2 Å². The lowest BCUT2D eigenvalue weighted by Gasteiger charge is -2.45. The van der Waals surface area contributed by atoms with E-state index in [0.29, 0.717) is 6.04 Å². The highest BCUT2D eigenvalue weighted by atomic mass is 35.5. The number of fused-ring (bicyclic) bond motifs is 3. The lowest BCUT2D eigenvalue weighted by molar-refractivity contribution is 0.0975. The van der Waals surface area contributed by atoms with Crippen molar-refractivity contribution in [2.24, 2.45) is 5.92 Å². The van der Waals surface area contributed by atoms with E-state index in [0.717, 1.165) is 18.2 Å². The minimum absolute atomic E-state index is 0.191. The number of piperidine rings is 3. The standard InChI is InChI=1S/C13H16ClFN2/c14-11-7-10(1-2-12(11)15)16-13-8-17-5-3-9(13)4-6-17/h1-2,7,9,13,16H,3-6,8H2/t13-/m1/s1. The van der Waals surface area contributed by atoms with Gasteiger partial charge in [-0.1, -0.05) is 11.6 Å². The molecule has 1 N–H and O–H groups in total. The van der Waals surface area contributed by atoms with E-state index in [1.165, 1.54) is 32.0 Å². The predicted octanol–water partition coefficient (Wildman–Crippen LogP) is 2.99. The van der Waals surface area contributed by atoms with Crippen LogP contribution in [0.3, 0.4) is 0 Å². The molecule has 4 heteroatoms. The quantitative estimate of drug-likeness (QED) is 0.873. The molecule has 0 spiro atoms. The maximum atomic E-state index is 13.1. The third kappa shape index (κ3) is 2.26. The summed E-state index contributed by atoms with van der Waals surface area (Å²) in [4.78, 5) is 2.49. The highest BCUT2D eigenvalue weighted by Crippen LogP contribution is 2.30. The number of hydrogen-bond donors (Lipinski definition) is 1. The maximum absolute atomic E-state index is 13.1. The Morgan fingerprint density at radius 3 is 2.65 bits per heavy atom. The van der Waals surface area contributed by atoms with Crippen molar-refractivity contribution in [1.29, 1.82) is 0 Å². The summed E-state index contributed by atoms with van der Waals surface area (Å²) in [6.45, 7) is 3.56. The fourth-order valence-electron chi connectivity index (χ4n) is 2.93. The van der Waals surface area contributed by atoms with Gasteiger partial charge in [-0.25, -0.2) is 4.39 Å². The first-order valence-electron chi connectivity index (χ1n) is 6.16. The van der Waals surface area contributed by atoms with Crippen LogP contribution < -0.4 is 5.32 Å². The zero-order valence-corrected chi connectivity index (χ0v) is 10.4. The summed E-state index contributed by atoms with van der Waals surface area (Å²) in [5.74, 6) is 0.398. The van der Waals surface area contributed by atoms with Gasteiger partial charge in [-0.2, -0.15) is 0 Å². The van der Waals surface area contributed by atoms with E-state index in [1.54, 1.807) is 12.1 Å². The summed E-state index contributed by atoms with van der Waals surface area (Å²) < 4.78 is 13.1. The molecular weight excluding hydrogens is 239 g/mol. The Kier molecular flexibility index (Phi) is 2.97. The molecule has 3 saturated heterocycles. The molecule has 0 saturated carbocycles. The molecule has 0 aromatic heterocycles. The number of hydrogen-bond acceptors (Lipinski definition) is 2. The number of rotatable bonds is 2. The molecule has 2 bridgehead atoms. The number of halogens is 2. The second-order valence-electron chi connectivity index (χ2n) is 5.02. The number of nitrogens with zero attached hydrogens (tertiary/aromatic N) is 1. The summed E-state index contributed by atoms with van der Waals surface area (Å²) in [6.07, 6.45) is 2.54. The second-order valence-corrected chi connectivity index (χ2v) is 5.42. The van der Waals surface area contributed by atoms with Gasteiger partial charge in [0.25, 0.3) is 0 Å². The van der Waals surface area contributed by atoms with Crippen LogP contribution in [-0.4, -0.2) is 30.6 Å². The van der Waals surface area contributed by atoms with Crippen molar-refractivity contribution in [1.82, 2.24) is 4.90 Å². The number of benzene rings is 1. The van der Waals surface area contributed by atoms with Gasteiger partial charge in [0.2, 0.25) is 0 Å². The van der Waals surface area contributed by atoms with Crippen molar-refractivity contribution in [2.75, 3.05) is 25.0 Å². The first kappa shape index (κ1) is 11.3. The van der Waals surface area contributed by atoms with Crippen molar-refractivity contribution in [3.63, 3.8) is 0 Å². The van der Waals surface area contributed by atoms with Crippen LogP contribution in [0.4, 0.5) is 10.1 Å². The van der Waals surface area contributed by atoms with Crippen LogP contribution in [-0.2, 0) is 0 Å². The summed E-state index contributed by atoms with van der Waals surface area (Å²) in [7, 11) is 0. The Labute approximate surface area is 106 Å². The molecule has 3 heterocycles. The Morgan fingerprint density at radius 2 is 2.06 bits per heavy atom. The monoisotopic (exact) mass is 254 g/mol. The van der Waals surface area contributed by atoms with Crippen LogP contribution in [0.25, 0.3) is 0 Å². The van der Waals surface area contributed by atoms with Crippen molar-refractivity contribution in [3.05, 3.63) is 29.0 Å².